The second-order valence-corrected chi connectivity index (χ2v) is 7.38. The van der Waals surface area contributed by atoms with Gasteiger partial charge in [0, 0.05) is 48.1 Å². The molecule has 7 nitrogen and oxygen atoms in total. The van der Waals surface area contributed by atoms with Crippen LogP contribution in [0.25, 0.3) is 0 Å². The van der Waals surface area contributed by atoms with E-state index in [-0.39, 0.29) is 11.9 Å². The number of rotatable bonds is 5. The molecule has 1 aliphatic heterocycles. The largest absolute Gasteiger partial charge is 0.366 e. The summed E-state index contributed by atoms with van der Waals surface area (Å²) in [5, 5.41) is 2.89. The van der Waals surface area contributed by atoms with Crippen molar-refractivity contribution < 1.29 is 9.59 Å². The lowest BCUT2D eigenvalue weighted by Gasteiger charge is -2.38. The van der Waals surface area contributed by atoms with Crippen LogP contribution in [0.5, 0.6) is 0 Å². The third-order valence-electron chi connectivity index (χ3n) is 4.71. The SMILES string of the molecule is CC(C(=O)Nc1ccc(C(N)=O)cc1)N1CCN(c2ccc(Br)cn2)CC1. The Morgan fingerprint density at radius 2 is 1.78 bits per heavy atom. The van der Waals surface area contributed by atoms with Gasteiger partial charge in [0.25, 0.3) is 0 Å². The van der Waals surface area contributed by atoms with Crippen molar-refractivity contribution in [2.75, 3.05) is 36.4 Å². The molecule has 1 unspecified atom stereocenters. The summed E-state index contributed by atoms with van der Waals surface area (Å²) >= 11 is 3.40. The van der Waals surface area contributed by atoms with E-state index in [2.05, 4.69) is 36.0 Å². The van der Waals surface area contributed by atoms with Crippen LogP contribution in [0.4, 0.5) is 11.5 Å². The molecule has 0 bridgehead atoms. The maximum Gasteiger partial charge on any atom is 0.248 e. The van der Waals surface area contributed by atoms with Gasteiger partial charge in [-0.05, 0) is 59.3 Å². The molecule has 3 rings (SSSR count). The first kappa shape index (κ1) is 19.3. The molecule has 27 heavy (non-hydrogen) atoms. The lowest BCUT2D eigenvalue weighted by atomic mass is 10.1. The fourth-order valence-electron chi connectivity index (χ4n) is 3.02. The Kier molecular flexibility index (Phi) is 6.08. The Balaban J connectivity index is 1.53. The number of nitrogens with two attached hydrogens (primary N) is 1. The number of pyridine rings is 1. The zero-order chi connectivity index (χ0) is 19.4. The van der Waals surface area contributed by atoms with Gasteiger partial charge in [-0.3, -0.25) is 14.5 Å². The molecule has 2 amide bonds. The van der Waals surface area contributed by atoms with E-state index in [1.807, 2.05) is 19.1 Å². The fourth-order valence-corrected chi connectivity index (χ4v) is 3.26. The summed E-state index contributed by atoms with van der Waals surface area (Å²) in [7, 11) is 0. The van der Waals surface area contributed by atoms with Crippen LogP contribution in [0.15, 0.2) is 47.1 Å². The van der Waals surface area contributed by atoms with Crippen LogP contribution < -0.4 is 16.0 Å². The third kappa shape index (κ3) is 4.84. The lowest BCUT2D eigenvalue weighted by Crippen LogP contribution is -2.53. The van der Waals surface area contributed by atoms with E-state index in [0.717, 1.165) is 36.5 Å². The Morgan fingerprint density at radius 3 is 2.33 bits per heavy atom. The topological polar surface area (TPSA) is 91.6 Å². The molecule has 1 saturated heterocycles. The summed E-state index contributed by atoms with van der Waals surface area (Å²) in [4.78, 5) is 32.5. The zero-order valence-corrected chi connectivity index (χ0v) is 16.6. The van der Waals surface area contributed by atoms with Crippen LogP contribution in [0, 0.1) is 0 Å². The Hall–Kier alpha value is -2.45. The number of nitrogens with zero attached hydrogens (tertiary/aromatic N) is 3. The molecule has 1 aromatic carbocycles. The van der Waals surface area contributed by atoms with Gasteiger partial charge >= 0.3 is 0 Å². The van der Waals surface area contributed by atoms with Gasteiger partial charge in [0.1, 0.15) is 5.82 Å². The number of hydrogen-bond donors (Lipinski definition) is 2. The van der Waals surface area contributed by atoms with E-state index in [4.69, 9.17) is 5.73 Å². The van der Waals surface area contributed by atoms with Crippen molar-refractivity contribution >= 4 is 39.2 Å². The summed E-state index contributed by atoms with van der Waals surface area (Å²) < 4.78 is 0.957. The number of halogens is 1. The second-order valence-electron chi connectivity index (χ2n) is 6.46. The first-order valence-electron chi connectivity index (χ1n) is 8.75. The average molecular weight is 432 g/mol. The van der Waals surface area contributed by atoms with Crippen molar-refractivity contribution in [1.29, 1.82) is 0 Å². The van der Waals surface area contributed by atoms with Gasteiger partial charge in [0.2, 0.25) is 11.8 Å². The number of carbonyl (C=O) groups excluding carboxylic acids is 2. The van der Waals surface area contributed by atoms with Crippen LogP contribution in [0.3, 0.4) is 0 Å². The van der Waals surface area contributed by atoms with E-state index in [1.54, 1.807) is 30.5 Å². The summed E-state index contributed by atoms with van der Waals surface area (Å²) in [6.45, 7) is 5.11. The first-order chi connectivity index (χ1) is 12.9. The summed E-state index contributed by atoms with van der Waals surface area (Å²) in [5.41, 5.74) is 6.29. The molecule has 2 aromatic rings. The molecule has 0 aliphatic carbocycles. The normalized spacial score (nSPS) is 16.0. The van der Waals surface area contributed by atoms with Crippen molar-refractivity contribution in [3.05, 3.63) is 52.6 Å². The number of amides is 2. The standard InChI is InChI=1S/C19H22BrN5O2/c1-13(19(27)23-16-5-2-14(3-6-16)18(21)26)24-8-10-25(11-9-24)17-7-4-15(20)12-22-17/h2-7,12-13H,8-11H2,1H3,(H2,21,26)(H,23,27). The van der Waals surface area contributed by atoms with Crippen molar-refractivity contribution in [2.24, 2.45) is 5.73 Å². The number of piperazine rings is 1. The number of carbonyl (C=O) groups is 2. The minimum atomic E-state index is -0.487. The highest BCUT2D eigenvalue weighted by Crippen LogP contribution is 2.18. The highest BCUT2D eigenvalue weighted by Gasteiger charge is 2.26. The van der Waals surface area contributed by atoms with E-state index >= 15 is 0 Å². The van der Waals surface area contributed by atoms with Crippen molar-refractivity contribution in [3.8, 4) is 0 Å². The molecule has 0 saturated carbocycles. The fraction of sp³-hybridized carbons (Fsp3) is 0.316. The van der Waals surface area contributed by atoms with Gasteiger partial charge in [-0.25, -0.2) is 4.98 Å². The molecule has 1 aliphatic rings. The van der Waals surface area contributed by atoms with Gasteiger partial charge in [-0.15, -0.1) is 0 Å². The Labute approximate surface area is 166 Å². The molecule has 1 atom stereocenters. The highest BCUT2D eigenvalue weighted by atomic mass is 79.9. The van der Waals surface area contributed by atoms with Gasteiger partial charge < -0.3 is 16.0 Å². The molecule has 1 aromatic heterocycles. The number of aromatic nitrogens is 1. The highest BCUT2D eigenvalue weighted by molar-refractivity contribution is 9.10. The molecule has 8 heteroatoms. The van der Waals surface area contributed by atoms with Gasteiger partial charge in [0.15, 0.2) is 0 Å². The molecule has 2 heterocycles. The third-order valence-corrected chi connectivity index (χ3v) is 5.18. The average Bonchev–Trinajstić information content (AvgIpc) is 2.68. The monoisotopic (exact) mass is 431 g/mol. The van der Waals surface area contributed by atoms with Crippen molar-refractivity contribution in [2.45, 2.75) is 13.0 Å². The van der Waals surface area contributed by atoms with Crippen LogP contribution in [0.2, 0.25) is 0 Å². The van der Waals surface area contributed by atoms with Crippen molar-refractivity contribution in [1.82, 2.24) is 9.88 Å². The Bertz CT molecular complexity index is 802. The quantitative estimate of drug-likeness (QED) is 0.755. The summed E-state index contributed by atoms with van der Waals surface area (Å²) in [6.07, 6.45) is 1.79. The van der Waals surface area contributed by atoms with E-state index < -0.39 is 5.91 Å². The lowest BCUT2D eigenvalue weighted by molar-refractivity contribution is -0.120. The summed E-state index contributed by atoms with van der Waals surface area (Å²) in [5.74, 6) is 0.390. The van der Waals surface area contributed by atoms with Crippen LogP contribution in [-0.4, -0.2) is 53.9 Å². The number of hydrogen-bond acceptors (Lipinski definition) is 5. The second kappa shape index (κ2) is 8.49. The van der Waals surface area contributed by atoms with E-state index in [9.17, 15) is 9.59 Å². The van der Waals surface area contributed by atoms with Crippen LogP contribution in [-0.2, 0) is 4.79 Å². The molecule has 0 spiro atoms. The number of benzene rings is 1. The zero-order valence-electron chi connectivity index (χ0n) is 15.1. The number of nitrogens with one attached hydrogen (secondary N) is 1. The van der Waals surface area contributed by atoms with Crippen LogP contribution >= 0.6 is 15.9 Å². The van der Waals surface area contributed by atoms with Gasteiger partial charge in [-0.1, -0.05) is 0 Å². The predicted octanol–water partition coefficient (Wildman–Crippen LogP) is 2.09. The van der Waals surface area contributed by atoms with E-state index in [0.29, 0.717) is 11.3 Å². The minimum Gasteiger partial charge on any atom is -0.366 e. The van der Waals surface area contributed by atoms with Gasteiger partial charge in [0.05, 0.1) is 6.04 Å². The van der Waals surface area contributed by atoms with Crippen LogP contribution in [0.1, 0.15) is 17.3 Å². The van der Waals surface area contributed by atoms with E-state index in [1.165, 1.54) is 0 Å². The van der Waals surface area contributed by atoms with Gasteiger partial charge in [-0.2, -0.15) is 0 Å². The Morgan fingerprint density at radius 1 is 1.11 bits per heavy atom. The van der Waals surface area contributed by atoms with Crippen molar-refractivity contribution in [3.63, 3.8) is 0 Å². The first-order valence-corrected chi connectivity index (χ1v) is 9.54. The smallest absolute Gasteiger partial charge is 0.248 e. The molecular weight excluding hydrogens is 410 g/mol. The minimum absolute atomic E-state index is 0.0722. The molecule has 142 valence electrons. The molecule has 1 fully saturated rings. The maximum absolute atomic E-state index is 12.5. The molecule has 0 radical (unpaired) electrons. The molecular formula is C19H22BrN5O2. The molecule has 3 N–H and O–H groups in total. The summed E-state index contributed by atoms with van der Waals surface area (Å²) in [6, 6.07) is 10.3. The number of primary amides is 1. The predicted molar refractivity (Wildman–Crippen MR) is 109 cm³/mol. The maximum atomic E-state index is 12.5. The number of anilines is 2.